The van der Waals surface area contributed by atoms with Crippen LogP contribution in [0.2, 0.25) is 0 Å². The van der Waals surface area contributed by atoms with E-state index in [1.54, 1.807) is 9.80 Å². The fourth-order valence-electron chi connectivity index (χ4n) is 4.28. The molecule has 2 bridgehead atoms. The number of hydrogen-bond acceptors (Lipinski definition) is 5. The van der Waals surface area contributed by atoms with Crippen molar-refractivity contribution >= 4 is 17.7 Å². The molecule has 8 heteroatoms. The smallest absolute Gasteiger partial charge is 0.255 e. The van der Waals surface area contributed by atoms with Crippen LogP contribution in [0.5, 0.6) is 0 Å². The Labute approximate surface area is 173 Å². The van der Waals surface area contributed by atoms with Crippen LogP contribution in [0, 0.1) is 5.92 Å². The van der Waals surface area contributed by atoms with Gasteiger partial charge in [0.25, 0.3) is 11.8 Å². The van der Waals surface area contributed by atoms with Gasteiger partial charge in [0.05, 0.1) is 6.54 Å². The average molecular weight is 410 g/mol. The third-order valence-corrected chi connectivity index (χ3v) is 5.86. The van der Waals surface area contributed by atoms with E-state index < -0.39 is 24.5 Å². The van der Waals surface area contributed by atoms with Gasteiger partial charge in [-0.2, -0.15) is 0 Å². The van der Waals surface area contributed by atoms with Gasteiger partial charge in [0, 0.05) is 19.6 Å². The normalized spacial score (nSPS) is 28.0. The number of unbranched alkanes of at least 4 members (excludes halogenated alkanes) is 1. The third-order valence-electron chi connectivity index (χ3n) is 5.86. The van der Waals surface area contributed by atoms with Gasteiger partial charge >= 0.3 is 0 Å². The number of amides is 3. The maximum Gasteiger partial charge on any atom is 0.255 e. The molecule has 3 saturated heterocycles. The highest BCUT2D eigenvalue weighted by Crippen LogP contribution is 2.31. The first-order chi connectivity index (χ1) is 13.9. The molecule has 0 aromatic heterocycles. The maximum absolute atomic E-state index is 13.2. The molecular formula is C21H35N3O5. The molecule has 0 radical (unpaired) electrons. The van der Waals surface area contributed by atoms with Crippen molar-refractivity contribution in [3.63, 3.8) is 0 Å². The lowest BCUT2D eigenvalue weighted by Crippen LogP contribution is -2.59. The molecule has 0 aliphatic carbocycles. The van der Waals surface area contributed by atoms with Crippen LogP contribution in [-0.2, 0) is 23.9 Å². The average Bonchev–Trinajstić information content (AvgIpc) is 3.08. The van der Waals surface area contributed by atoms with Crippen molar-refractivity contribution in [2.24, 2.45) is 5.92 Å². The van der Waals surface area contributed by atoms with Gasteiger partial charge in [0.2, 0.25) is 5.91 Å². The molecule has 0 spiro atoms. The molecule has 3 fully saturated rings. The molecule has 0 aromatic carbocycles. The van der Waals surface area contributed by atoms with Gasteiger partial charge in [-0.25, -0.2) is 0 Å². The largest absolute Gasteiger partial charge is 0.354 e. The van der Waals surface area contributed by atoms with Crippen molar-refractivity contribution in [3.05, 3.63) is 0 Å². The van der Waals surface area contributed by atoms with Crippen molar-refractivity contribution in [3.8, 4) is 0 Å². The van der Waals surface area contributed by atoms with Crippen LogP contribution in [0.25, 0.3) is 0 Å². The lowest BCUT2D eigenvalue weighted by molar-refractivity contribution is -0.169. The van der Waals surface area contributed by atoms with Crippen molar-refractivity contribution in [1.82, 2.24) is 15.1 Å². The molecule has 8 nitrogen and oxygen atoms in total. The van der Waals surface area contributed by atoms with Crippen LogP contribution in [0.4, 0.5) is 0 Å². The summed E-state index contributed by atoms with van der Waals surface area (Å²) in [5, 5.41) is 2.95. The second kappa shape index (κ2) is 9.89. The second-order valence-corrected chi connectivity index (χ2v) is 8.71. The lowest BCUT2D eigenvalue weighted by Gasteiger charge is -2.37. The maximum atomic E-state index is 13.2. The highest BCUT2D eigenvalue weighted by molar-refractivity contribution is 5.95. The fraction of sp³-hybridized carbons (Fsp3) is 0.857. The minimum atomic E-state index is -0.957. The minimum absolute atomic E-state index is 0.138. The van der Waals surface area contributed by atoms with Crippen LogP contribution in [-0.4, -0.2) is 78.2 Å². The van der Waals surface area contributed by atoms with Crippen LogP contribution >= 0.6 is 0 Å². The number of carbonyl (C=O) groups excluding carboxylic acids is 3. The zero-order valence-electron chi connectivity index (χ0n) is 17.9. The summed E-state index contributed by atoms with van der Waals surface area (Å²) >= 11 is 0. The Hall–Kier alpha value is -1.67. The summed E-state index contributed by atoms with van der Waals surface area (Å²) in [4.78, 5) is 42.3. The number of likely N-dealkylation sites (tertiary alicyclic amines) is 1. The van der Waals surface area contributed by atoms with E-state index in [0.29, 0.717) is 26.1 Å². The Morgan fingerprint density at radius 2 is 1.90 bits per heavy atom. The number of morpholine rings is 1. The van der Waals surface area contributed by atoms with Crippen LogP contribution in [0.15, 0.2) is 0 Å². The summed E-state index contributed by atoms with van der Waals surface area (Å²) in [7, 11) is 0. The zero-order chi connectivity index (χ0) is 21.0. The summed E-state index contributed by atoms with van der Waals surface area (Å²) in [6, 6.07) is -0.569. The van der Waals surface area contributed by atoms with Gasteiger partial charge in [-0.3, -0.25) is 14.4 Å². The number of piperidine rings is 1. The Morgan fingerprint density at radius 3 is 2.55 bits per heavy atom. The number of carbonyl (C=O) groups is 3. The summed E-state index contributed by atoms with van der Waals surface area (Å²) in [6.45, 7) is 8.31. The fourth-order valence-corrected chi connectivity index (χ4v) is 4.28. The first-order valence-corrected chi connectivity index (χ1v) is 11.1. The predicted octanol–water partition coefficient (Wildman–Crippen LogP) is 1.28. The molecule has 0 saturated carbocycles. The Kier molecular flexibility index (Phi) is 7.51. The first-order valence-electron chi connectivity index (χ1n) is 11.1. The quantitative estimate of drug-likeness (QED) is 0.610. The summed E-state index contributed by atoms with van der Waals surface area (Å²) in [5.74, 6) is -0.372. The monoisotopic (exact) mass is 409 g/mol. The number of rotatable bonds is 8. The molecular weight excluding hydrogens is 374 g/mol. The number of nitrogens with one attached hydrogen (secondary N) is 1. The molecule has 3 amide bonds. The molecule has 29 heavy (non-hydrogen) atoms. The molecule has 3 aliphatic heterocycles. The Balaban J connectivity index is 1.71. The van der Waals surface area contributed by atoms with Crippen LogP contribution < -0.4 is 5.32 Å². The Morgan fingerprint density at radius 1 is 1.17 bits per heavy atom. The summed E-state index contributed by atoms with van der Waals surface area (Å²) < 4.78 is 11.5. The van der Waals surface area contributed by atoms with E-state index in [4.69, 9.17) is 9.47 Å². The third kappa shape index (κ3) is 5.09. The first kappa shape index (κ1) is 22.0. The molecule has 164 valence electrons. The van der Waals surface area contributed by atoms with Crippen LogP contribution in [0.3, 0.4) is 0 Å². The van der Waals surface area contributed by atoms with E-state index >= 15 is 0 Å². The van der Waals surface area contributed by atoms with Gasteiger partial charge in [0.15, 0.2) is 18.5 Å². The van der Waals surface area contributed by atoms with Crippen molar-refractivity contribution in [1.29, 1.82) is 0 Å². The van der Waals surface area contributed by atoms with E-state index in [-0.39, 0.29) is 30.2 Å². The molecule has 3 aliphatic rings. The van der Waals surface area contributed by atoms with E-state index in [2.05, 4.69) is 12.2 Å². The highest BCUT2D eigenvalue weighted by atomic mass is 16.7. The SMILES string of the molecule is CCCCNC(=O)[C@H](CC(C)C)N1C[C@@H]2O[C@H](C(=O)N3CCCCC3)[C@@H](O2)C1=O. The van der Waals surface area contributed by atoms with E-state index in [1.807, 2.05) is 13.8 Å². The van der Waals surface area contributed by atoms with Crippen molar-refractivity contribution in [2.75, 3.05) is 26.2 Å². The van der Waals surface area contributed by atoms with Crippen molar-refractivity contribution in [2.45, 2.75) is 83.8 Å². The topological polar surface area (TPSA) is 88.2 Å². The number of nitrogens with zero attached hydrogens (tertiary/aromatic N) is 2. The van der Waals surface area contributed by atoms with Gasteiger partial charge in [-0.15, -0.1) is 0 Å². The predicted molar refractivity (Wildman–Crippen MR) is 107 cm³/mol. The number of ether oxygens (including phenoxy) is 2. The molecule has 3 rings (SSSR count). The molecule has 1 N–H and O–H groups in total. The van der Waals surface area contributed by atoms with E-state index in [0.717, 1.165) is 32.1 Å². The van der Waals surface area contributed by atoms with E-state index in [1.165, 1.54) is 0 Å². The molecule has 4 atom stereocenters. The lowest BCUT2D eigenvalue weighted by atomic mass is 9.99. The van der Waals surface area contributed by atoms with Crippen molar-refractivity contribution < 1.29 is 23.9 Å². The standard InChI is InChI=1S/C21H35N3O5/c1-4-5-9-22-19(25)15(12-14(2)3)24-13-16-28-17(18(29-16)21(24)27)20(26)23-10-7-6-8-11-23/h14-18H,4-13H2,1-3H3,(H,22,25)/t15-,16+,17-,18+/m0/s1. The number of fused-ring (bicyclic) bond motifs is 2. The van der Waals surface area contributed by atoms with Gasteiger partial charge in [0.1, 0.15) is 6.04 Å². The molecule has 0 unspecified atom stereocenters. The van der Waals surface area contributed by atoms with Crippen LogP contribution in [0.1, 0.15) is 59.3 Å². The highest BCUT2D eigenvalue weighted by Gasteiger charge is 2.54. The van der Waals surface area contributed by atoms with Gasteiger partial charge in [-0.05, 0) is 38.0 Å². The summed E-state index contributed by atoms with van der Waals surface area (Å²) in [6.07, 6.45) is 3.00. The molecule has 0 aromatic rings. The van der Waals surface area contributed by atoms with Gasteiger partial charge < -0.3 is 24.6 Å². The minimum Gasteiger partial charge on any atom is -0.354 e. The van der Waals surface area contributed by atoms with Gasteiger partial charge in [-0.1, -0.05) is 27.2 Å². The number of hydrogen-bond donors (Lipinski definition) is 1. The second-order valence-electron chi connectivity index (χ2n) is 8.71. The summed E-state index contributed by atoms with van der Waals surface area (Å²) in [5.41, 5.74) is 0. The molecule has 3 heterocycles. The zero-order valence-corrected chi connectivity index (χ0v) is 17.9. The Bertz CT molecular complexity index is 605. The van der Waals surface area contributed by atoms with E-state index in [9.17, 15) is 14.4 Å².